The average Bonchev–Trinajstić information content (AvgIpc) is 2.84. The third-order valence-electron chi connectivity index (χ3n) is 3.67. The molecule has 104 valence electrons. The summed E-state index contributed by atoms with van der Waals surface area (Å²) in [4.78, 5) is 10.5. The molecule has 0 saturated heterocycles. The highest BCUT2D eigenvalue weighted by molar-refractivity contribution is 9.10. The van der Waals surface area contributed by atoms with Gasteiger partial charge in [0.25, 0.3) is 5.69 Å². The molecule has 1 aliphatic carbocycles. The maximum atomic E-state index is 10.9. The van der Waals surface area contributed by atoms with Crippen molar-refractivity contribution in [1.29, 1.82) is 0 Å². The van der Waals surface area contributed by atoms with Gasteiger partial charge in [-0.15, -0.1) is 0 Å². The molecule has 0 aromatic heterocycles. The fourth-order valence-electron chi connectivity index (χ4n) is 2.58. The highest BCUT2D eigenvalue weighted by Crippen LogP contribution is 2.27. The number of aliphatic hydroxyl groups excluding tert-OH is 1. The van der Waals surface area contributed by atoms with Crippen LogP contribution in [0, 0.1) is 16.0 Å². The van der Waals surface area contributed by atoms with Gasteiger partial charge in [0.1, 0.15) is 0 Å². The van der Waals surface area contributed by atoms with Gasteiger partial charge in [-0.1, -0.05) is 12.5 Å². The van der Waals surface area contributed by atoms with E-state index in [0.29, 0.717) is 23.0 Å². The Bertz CT molecular complexity index is 467. The molecule has 1 aliphatic rings. The van der Waals surface area contributed by atoms with Gasteiger partial charge in [0.2, 0.25) is 0 Å². The van der Waals surface area contributed by atoms with E-state index >= 15 is 0 Å². The highest BCUT2D eigenvalue weighted by atomic mass is 79.9. The Labute approximate surface area is 120 Å². The first kappa shape index (κ1) is 14.4. The zero-order valence-corrected chi connectivity index (χ0v) is 12.1. The van der Waals surface area contributed by atoms with Crippen molar-refractivity contribution in [3.63, 3.8) is 0 Å². The molecule has 1 fully saturated rings. The second-order valence-electron chi connectivity index (χ2n) is 4.90. The molecule has 2 rings (SSSR count). The molecule has 6 heteroatoms. The van der Waals surface area contributed by atoms with Crippen LogP contribution in [-0.4, -0.2) is 22.7 Å². The van der Waals surface area contributed by atoms with E-state index in [0.717, 1.165) is 24.8 Å². The van der Waals surface area contributed by atoms with E-state index in [2.05, 4.69) is 21.2 Å². The van der Waals surface area contributed by atoms with E-state index < -0.39 is 0 Å². The number of halogens is 1. The van der Waals surface area contributed by atoms with Crippen molar-refractivity contribution in [3.8, 4) is 0 Å². The summed E-state index contributed by atoms with van der Waals surface area (Å²) in [7, 11) is 0. The van der Waals surface area contributed by atoms with Gasteiger partial charge in [0.15, 0.2) is 0 Å². The second kappa shape index (κ2) is 6.45. The number of nitrogens with zero attached hydrogens (tertiary/aromatic N) is 1. The third-order valence-corrected chi connectivity index (χ3v) is 4.34. The number of nitro benzene ring substituents is 1. The van der Waals surface area contributed by atoms with E-state index in [9.17, 15) is 15.2 Å². The highest BCUT2D eigenvalue weighted by Gasteiger charge is 2.26. The number of hydrogen-bond donors (Lipinski definition) is 2. The minimum atomic E-state index is -0.389. The van der Waals surface area contributed by atoms with Crippen LogP contribution in [0.15, 0.2) is 22.7 Å². The van der Waals surface area contributed by atoms with E-state index in [1.54, 1.807) is 12.1 Å². The van der Waals surface area contributed by atoms with Crippen LogP contribution >= 0.6 is 15.9 Å². The van der Waals surface area contributed by atoms with Gasteiger partial charge in [0.05, 0.1) is 9.40 Å². The SMILES string of the molecule is O=[N+]([O-])c1cc(CNC2CCCC2CO)ccc1Br. The van der Waals surface area contributed by atoms with Gasteiger partial charge in [0, 0.05) is 25.3 Å². The molecule has 5 nitrogen and oxygen atoms in total. The molecular formula is C13H17BrN2O3. The van der Waals surface area contributed by atoms with Gasteiger partial charge in [-0.2, -0.15) is 0 Å². The fraction of sp³-hybridized carbons (Fsp3) is 0.538. The van der Waals surface area contributed by atoms with Gasteiger partial charge in [-0.25, -0.2) is 0 Å². The zero-order chi connectivity index (χ0) is 13.8. The van der Waals surface area contributed by atoms with Crippen molar-refractivity contribution in [1.82, 2.24) is 5.32 Å². The fourth-order valence-corrected chi connectivity index (χ4v) is 2.97. The molecule has 0 heterocycles. The van der Waals surface area contributed by atoms with Crippen LogP contribution in [-0.2, 0) is 6.54 Å². The molecule has 1 aromatic rings. The van der Waals surface area contributed by atoms with Crippen LogP contribution < -0.4 is 5.32 Å². The smallest absolute Gasteiger partial charge is 0.283 e. The van der Waals surface area contributed by atoms with E-state index in [4.69, 9.17) is 0 Å². The molecular weight excluding hydrogens is 312 g/mol. The minimum absolute atomic E-state index is 0.0874. The van der Waals surface area contributed by atoms with Crippen LogP contribution in [0.5, 0.6) is 0 Å². The summed E-state index contributed by atoms with van der Waals surface area (Å²) in [5.41, 5.74) is 0.975. The Kier molecular flexibility index (Phi) is 4.90. The van der Waals surface area contributed by atoms with E-state index in [1.165, 1.54) is 0 Å². The summed E-state index contributed by atoms with van der Waals surface area (Å²) in [6, 6.07) is 5.47. The molecule has 2 atom stereocenters. The number of aliphatic hydroxyl groups is 1. The summed E-state index contributed by atoms with van der Waals surface area (Å²) in [5, 5.41) is 23.5. The summed E-state index contributed by atoms with van der Waals surface area (Å²) in [6.45, 7) is 0.799. The van der Waals surface area contributed by atoms with Gasteiger partial charge in [-0.3, -0.25) is 10.1 Å². The number of hydrogen-bond acceptors (Lipinski definition) is 4. The largest absolute Gasteiger partial charge is 0.396 e. The minimum Gasteiger partial charge on any atom is -0.396 e. The lowest BCUT2D eigenvalue weighted by atomic mass is 10.0. The summed E-state index contributed by atoms with van der Waals surface area (Å²) in [6.07, 6.45) is 3.24. The van der Waals surface area contributed by atoms with Crippen LogP contribution in [0.3, 0.4) is 0 Å². The first-order chi connectivity index (χ1) is 9.11. The zero-order valence-electron chi connectivity index (χ0n) is 10.5. The van der Waals surface area contributed by atoms with Crippen LogP contribution in [0.25, 0.3) is 0 Å². The van der Waals surface area contributed by atoms with Crippen molar-refractivity contribution in [2.45, 2.75) is 31.8 Å². The van der Waals surface area contributed by atoms with Gasteiger partial charge < -0.3 is 10.4 Å². The molecule has 0 spiro atoms. The molecule has 0 amide bonds. The third kappa shape index (κ3) is 3.52. The summed E-state index contributed by atoms with van der Waals surface area (Å²) in [5.74, 6) is 0.311. The Hall–Kier alpha value is -0.980. The van der Waals surface area contributed by atoms with Crippen molar-refractivity contribution >= 4 is 21.6 Å². The van der Waals surface area contributed by atoms with Crippen molar-refractivity contribution in [2.24, 2.45) is 5.92 Å². The summed E-state index contributed by atoms with van der Waals surface area (Å²) >= 11 is 3.17. The Morgan fingerprint density at radius 3 is 2.95 bits per heavy atom. The number of rotatable bonds is 5. The molecule has 2 N–H and O–H groups in total. The van der Waals surface area contributed by atoms with Gasteiger partial charge >= 0.3 is 0 Å². The van der Waals surface area contributed by atoms with Gasteiger partial charge in [-0.05, 0) is 46.3 Å². The number of nitrogens with one attached hydrogen (secondary N) is 1. The molecule has 19 heavy (non-hydrogen) atoms. The van der Waals surface area contributed by atoms with E-state index in [-0.39, 0.29) is 17.2 Å². The quantitative estimate of drug-likeness (QED) is 0.643. The lowest BCUT2D eigenvalue weighted by molar-refractivity contribution is -0.385. The average molecular weight is 329 g/mol. The molecule has 0 bridgehead atoms. The lowest BCUT2D eigenvalue weighted by Gasteiger charge is -2.19. The molecule has 0 radical (unpaired) electrons. The first-order valence-electron chi connectivity index (χ1n) is 6.39. The van der Waals surface area contributed by atoms with Crippen molar-refractivity contribution in [2.75, 3.05) is 6.61 Å². The first-order valence-corrected chi connectivity index (χ1v) is 7.18. The van der Waals surface area contributed by atoms with Crippen LogP contribution in [0.2, 0.25) is 0 Å². The summed E-state index contributed by atoms with van der Waals surface area (Å²) < 4.78 is 0.496. The molecule has 0 aliphatic heterocycles. The molecule has 2 unspecified atom stereocenters. The van der Waals surface area contributed by atoms with E-state index in [1.807, 2.05) is 6.07 Å². The van der Waals surface area contributed by atoms with Crippen molar-refractivity contribution < 1.29 is 10.0 Å². The van der Waals surface area contributed by atoms with Crippen LogP contribution in [0.4, 0.5) is 5.69 Å². The normalized spacial score (nSPS) is 22.6. The molecule has 1 aromatic carbocycles. The molecule has 1 saturated carbocycles. The topological polar surface area (TPSA) is 75.4 Å². The number of benzene rings is 1. The Balaban J connectivity index is 2.00. The standard InChI is InChI=1S/C13H17BrN2O3/c14-11-5-4-9(6-13(11)16(18)19)7-15-12-3-1-2-10(12)8-17/h4-6,10,12,15,17H,1-3,7-8H2. The second-order valence-corrected chi connectivity index (χ2v) is 5.76. The maximum absolute atomic E-state index is 10.9. The predicted octanol–water partition coefficient (Wildman–Crippen LogP) is 2.61. The van der Waals surface area contributed by atoms with Crippen molar-refractivity contribution in [3.05, 3.63) is 38.3 Å². The predicted molar refractivity (Wildman–Crippen MR) is 75.9 cm³/mol. The maximum Gasteiger partial charge on any atom is 0.283 e. The monoisotopic (exact) mass is 328 g/mol. The Morgan fingerprint density at radius 1 is 1.47 bits per heavy atom. The number of nitro groups is 1. The van der Waals surface area contributed by atoms with Crippen LogP contribution in [0.1, 0.15) is 24.8 Å². The lowest BCUT2D eigenvalue weighted by Crippen LogP contribution is -2.33. The Morgan fingerprint density at radius 2 is 2.26 bits per heavy atom.